The van der Waals surface area contributed by atoms with Gasteiger partial charge in [-0.3, -0.25) is 14.4 Å². The number of nitrogens with two attached hydrogens (primary N) is 1. The van der Waals surface area contributed by atoms with Crippen molar-refractivity contribution in [3.05, 3.63) is 12.2 Å². The number of carbonyl (C=O) groups is 4. The lowest BCUT2D eigenvalue weighted by Gasteiger charge is -2.29. The van der Waals surface area contributed by atoms with Crippen LogP contribution in [0, 0.1) is 11.3 Å². The molecule has 2 aliphatic heterocycles. The third-order valence-corrected chi connectivity index (χ3v) is 6.62. The number of allylic oxidation sites excluding steroid dienone is 1. The second kappa shape index (κ2) is 10.1. The summed E-state index contributed by atoms with van der Waals surface area (Å²) in [6.07, 6.45) is 7.55. The molecule has 4 atom stereocenters. The molecule has 0 spiro atoms. The fourth-order valence-corrected chi connectivity index (χ4v) is 4.68. The van der Waals surface area contributed by atoms with E-state index in [2.05, 4.69) is 16.7 Å². The number of fused-ring (bicyclic) bond motifs is 2. The minimum atomic E-state index is -0.996. The van der Waals surface area contributed by atoms with Gasteiger partial charge in [-0.25, -0.2) is 4.79 Å². The Kier molecular flexibility index (Phi) is 7.69. The summed E-state index contributed by atoms with van der Waals surface area (Å²) in [7, 11) is 0. The van der Waals surface area contributed by atoms with E-state index in [1.54, 1.807) is 0 Å². The number of primary amides is 1. The van der Waals surface area contributed by atoms with E-state index in [9.17, 15) is 19.2 Å². The molecule has 9 nitrogen and oxygen atoms in total. The van der Waals surface area contributed by atoms with Crippen molar-refractivity contribution in [3.8, 4) is 0 Å². The molecule has 0 aromatic heterocycles. The number of nitrogens with zero attached hydrogens (tertiary/aromatic N) is 1. The zero-order valence-corrected chi connectivity index (χ0v) is 20.0. The molecule has 1 saturated heterocycles. The molecular formula is C24H38N4O5. The van der Waals surface area contributed by atoms with Gasteiger partial charge in [-0.2, -0.15) is 0 Å². The standard InChI is InChI=1S/C24H38N4O5/c1-23(2,3)15-26-21(31)24-14-16(24)10-7-5-4-6-8-12-18(33-22(25)32)20(30)28-13-9-11-17(28)19(29)27-24/h7,10,16-18H,4-6,8-9,11-15H2,1-3H3,(H2,25,32)(H,26,31)(H,27,29)/b10-7+. The summed E-state index contributed by atoms with van der Waals surface area (Å²) >= 11 is 0. The van der Waals surface area contributed by atoms with Crippen LogP contribution in [0.2, 0.25) is 0 Å². The fourth-order valence-electron chi connectivity index (χ4n) is 4.68. The van der Waals surface area contributed by atoms with E-state index >= 15 is 0 Å². The summed E-state index contributed by atoms with van der Waals surface area (Å²) in [6, 6.07) is -0.695. The normalized spacial score (nSPS) is 31.8. The second-order valence-electron chi connectivity index (χ2n) is 10.7. The monoisotopic (exact) mass is 462 g/mol. The van der Waals surface area contributed by atoms with Crippen molar-refractivity contribution in [3.63, 3.8) is 0 Å². The Morgan fingerprint density at radius 2 is 1.97 bits per heavy atom. The summed E-state index contributed by atoms with van der Waals surface area (Å²) in [4.78, 5) is 52.5. The van der Waals surface area contributed by atoms with Crippen LogP contribution in [0.5, 0.6) is 0 Å². The lowest BCUT2D eigenvalue weighted by molar-refractivity contribution is -0.146. The van der Waals surface area contributed by atoms with Gasteiger partial charge in [-0.05, 0) is 50.4 Å². The number of nitrogens with one attached hydrogen (secondary N) is 2. The highest BCUT2D eigenvalue weighted by Gasteiger charge is 2.60. The van der Waals surface area contributed by atoms with Crippen molar-refractivity contribution >= 4 is 23.8 Å². The molecule has 3 rings (SSSR count). The van der Waals surface area contributed by atoms with Crippen LogP contribution in [-0.4, -0.2) is 59.5 Å². The Labute approximate surface area is 195 Å². The first-order valence-electron chi connectivity index (χ1n) is 12.1. The van der Waals surface area contributed by atoms with E-state index in [4.69, 9.17) is 10.5 Å². The zero-order valence-electron chi connectivity index (χ0n) is 20.0. The Bertz CT molecular complexity index is 805. The summed E-state index contributed by atoms with van der Waals surface area (Å²) in [5.41, 5.74) is 4.13. The lowest BCUT2D eigenvalue weighted by Crippen LogP contribution is -2.57. The van der Waals surface area contributed by atoms with E-state index in [-0.39, 0.29) is 23.1 Å². The van der Waals surface area contributed by atoms with Gasteiger partial charge in [-0.15, -0.1) is 0 Å². The zero-order chi connectivity index (χ0) is 24.2. The van der Waals surface area contributed by atoms with Gasteiger partial charge in [0.15, 0.2) is 6.10 Å². The van der Waals surface area contributed by atoms with Crippen molar-refractivity contribution in [1.82, 2.24) is 15.5 Å². The SMILES string of the molecule is CC(C)(C)CNC(=O)C12CC1/C=C/CCCCCC(OC(N)=O)C(=O)N1CCCC1C(=O)N2. The van der Waals surface area contributed by atoms with Gasteiger partial charge in [0, 0.05) is 19.0 Å². The highest BCUT2D eigenvalue weighted by molar-refractivity contribution is 5.98. The minimum absolute atomic E-state index is 0.0666. The van der Waals surface area contributed by atoms with E-state index in [0.717, 1.165) is 19.3 Å². The maximum atomic E-state index is 13.3. The Hall–Kier alpha value is -2.58. The molecule has 0 radical (unpaired) electrons. The largest absolute Gasteiger partial charge is 0.436 e. The first-order valence-corrected chi connectivity index (χ1v) is 12.1. The molecule has 0 bridgehead atoms. The molecule has 1 aliphatic carbocycles. The lowest BCUT2D eigenvalue weighted by atomic mass is 9.96. The average Bonchev–Trinajstić information content (AvgIpc) is 3.19. The first kappa shape index (κ1) is 25.1. The molecule has 0 aromatic rings. The third kappa shape index (κ3) is 6.26. The minimum Gasteiger partial charge on any atom is -0.436 e. The van der Waals surface area contributed by atoms with Gasteiger partial charge in [0.2, 0.25) is 11.8 Å². The average molecular weight is 463 g/mol. The number of hydrogen-bond donors (Lipinski definition) is 3. The van der Waals surface area contributed by atoms with Crippen molar-refractivity contribution in [2.45, 2.75) is 89.8 Å². The van der Waals surface area contributed by atoms with Gasteiger partial charge in [0.1, 0.15) is 11.6 Å². The van der Waals surface area contributed by atoms with E-state index in [0.29, 0.717) is 45.2 Å². The molecule has 4 N–H and O–H groups in total. The number of rotatable bonds is 3. The smallest absolute Gasteiger partial charge is 0.405 e. The maximum absolute atomic E-state index is 13.3. The van der Waals surface area contributed by atoms with Crippen LogP contribution in [0.25, 0.3) is 0 Å². The molecule has 184 valence electrons. The van der Waals surface area contributed by atoms with Gasteiger partial charge in [0.05, 0.1) is 0 Å². The first-order chi connectivity index (χ1) is 15.5. The van der Waals surface area contributed by atoms with E-state index < -0.39 is 29.7 Å². The number of hydrogen-bond acceptors (Lipinski definition) is 5. The van der Waals surface area contributed by atoms with Gasteiger partial charge in [0.25, 0.3) is 5.91 Å². The van der Waals surface area contributed by atoms with E-state index in [1.165, 1.54) is 4.90 Å². The van der Waals surface area contributed by atoms with Crippen LogP contribution >= 0.6 is 0 Å². The van der Waals surface area contributed by atoms with Crippen LogP contribution in [0.15, 0.2) is 12.2 Å². The van der Waals surface area contributed by atoms with Crippen molar-refractivity contribution in [1.29, 1.82) is 0 Å². The number of carbonyl (C=O) groups excluding carboxylic acids is 4. The predicted molar refractivity (Wildman–Crippen MR) is 123 cm³/mol. The molecule has 4 unspecified atom stereocenters. The van der Waals surface area contributed by atoms with Crippen LogP contribution in [-0.2, 0) is 19.1 Å². The Morgan fingerprint density at radius 1 is 1.21 bits per heavy atom. The van der Waals surface area contributed by atoms with Crippen molar-refractivity contribution in [2.75, 3.05) is 13.1 Å². The number of ether oxygens (including phenoxy) is 1. The van der Waals surface area contributed by atoms with Crippen LogP contribution in [0.4, 0.5) is 4.79 Å². The second-order valence-corrected chi connectivity index (χ2v) is 10.7. The molecule has 4 amide bonds. The third-order valence-electron chi connectivity index (χ3n) is 6.62. The summed E-state index contributed by atoms with van der Waals surface area (Å²) in [5, 5.41) is 5.99. The van der Waals surface area contributed by atoms with Gasteiger partial charge in [-0.1, -0.05) is 39.3 Å². The number of amides is 4. The van der Waals surface area contributed by atoms with Gasteiger partial charge < -0.3 is 26.0 Å². The van der Waals surface area contributed by atoms with Crippen LogP contribution in [0.1, 0.15) is 72.1 Å². The van der Waals surface area contributed by atoms with E-state index in [1.807, 2.05) is 26.8 Å². The predicted octanol–water partition coefficient (Wildman–Crippen LogP) is 2.00. The summed E-state index contributed by atoms with van der Waals surface area (Å²) in [5.74, 6) is -0.980. The quantitative estimate of drug-likeness (QED) is 0.552. The van der Waals surface area contributed by atoms with Crippen LogP contribution < -0.4 is 16.4 Å². The van der Waals surface area contributed by atoms with Crippen molar-refractivity contribution in [2.24, 2.45) is 17.1 Å². The molecule has 0 aromatic carbocycles. The molecule has 9 heteroatoms. The highest BCUT2D eigenvalue weighted by Crippen LogP contribution is 2.45. The molecule has 2 heterocycles. The summed E-state index contributed by atoms with van der Waals surface area (Å²) < 4.78 is 5.12. The molecular weight excluding hydrogens is 424 g/mol. The molecule has 33 heavy (non-hydrogen) atoms. The molecule has 3 aliphatic rings. The Balaban J connectivity index is 1.82. The topological polar surface area (TPSA) is 131 Å². The summed E-state index contributed by atoms with van der Waals surface area (Å²) in [6.45, 7) is 7.02. The Morgan fingerprint density at radius 3 is 2.67 bits per heavy atom. The maximum Gasteiger partial charge on any atom is 0.405 e. The van der Waals surface area contributed by atoms with Crippen molar-refractivity contribution < 1.29 is 23.9 Å². The van der Waals surface area contributed by atoms with Gasteiger partial charge >= 0.3 is 6.09 Å². The molecule has 1 saturated carbocycles. The van der Waals surface area contributed by atoms with Crippen LogP contribution in [0.3, 0.4) is 0 Å². The highest BCUT2D eigenvalue weighted by atomic mass is 16.6. The molecule has 2 fully saturated rings. The fraction of sp³-hybridized carbons (Fsp3) is 0.750.